The summed E-state index contributed by atoms with van der Waals surface area (Å²) >= 11 is 1.58. The Bertz CT molecular complexity index is 603. The third-order valence-electron chi connectivity index (χ3n) is 3.26. The Labute approximate surface area is 129 Å². The van der Waals surface area contributed by atoms with Gasteiger partial charge >= 0.3 is 0 Å². The van der Waals surface area contributed by atoms with Gasteiger partial charge in [0.2, 0.25) is 0 Å². The van der Waals surface area contributed by atoms with E-state index >= 15 is 0 Å². The molecule has 0 aliphatic carbocycles. The van der Waals surface area contributed by atoms with E-state index in [0.717, 1.165) is 17.0 Å². The van der Waals surface area contributed by atoms with Crippen LogP contribution in [-0.4, -0.2) is 12.8 Å². The molecular weight excluding hydrogens is 285 g/mol. The van der Waals surface area contributed by atoms with Crippen LogP contribution in [0.2, 0.25) is 0 Å². The molecule has 0 aliphatic rings. The minimum Gasteiger partial charge on any atom is -0.453 e. The van der Waals surface area contributed by atoms with E-state index < -0.39 is 0 Å². The number of nitrogens with one attached hydrogen (secondary N) is 1. The normalized spacial score (nSPS) is 12.2. The summed E-state index contributed by atoms with van der Waals surface area (Å²) in [6, 6.07) is 12.9. The number of para-hydroxylation sites is 1. The van der Waals surface area contributed by atoms with E-state index in [-0.39, 0.29) is 17.6 Å². The standard InChI is InChI=1S/C17H20FNOS/c1-4-19-12(2)13-9-10-15(14(18)11-13)20-16-7-5-6-8-17(16)21-3/h5-12,19H,4H2,1-3H3. The number of rotatable bonds is 6. The van der Waals surface area contributed by atoms with Crippen molar-refractivity contribution in [1.29, 1.82) is 0 Å². The van der Waals surface area contributed by atoms with Gasteiger partial charge in [0.05, 0.1) is 0 Å². The van der Waals surface area contributed by atoms with Gasteiger partial charge in [0.25, 0.3) is 0 Å². The van der Waals surface area contributed by atoms with Crippen molar-refractivity contribution < 1.29 is 9.13 Å². The Morgan fingerprint density at radius 2 is 1.95 bits per heavy atom. The first-order valence-electron chi connectivity index (χ1n) is 6.99. The van der Waals surface area contributed by atoms with Crippen molar-refractivity contribution in [2.24, 2.45) is 0 Å². The van der Waals surface area contributed by atoms with E-state index in [9.17, 15) is 4.39 Å². The Hall–Kier alpha value is -1.52. The first-order valence-corrected chi connectivity index (χ1v) is 8.22. The molecule has 0 saturated heterocycles. The Balaban J connectivity index is 2.21. The highest BCUT2D eigenvalue weighted by Gasteiger charge is 2.11. The zero-order valence-electron chi connectivity index (χ0n) is 12.5. The molecule has 2 rings (SSSR count). The summed E-state index contributed by atoms with van der Waals surface area (Å²) in [5, 5.41) is 3.27. The molecule has 2 aromatic carbocycles. The van der Waals surface area contributed by atoms with Crippen molar-refractivity contribution in [3.8, 4) is 11.5 Å². The summed E-state index contributed by atoms with van der Waals surface area (Å²) in [5.41, 5.74) is 0.917. The quantitative estimate of drug-likeness (QED) is 0.758. The molecule has 112 valence electrons. The fourth-order valence-electron chi connectivity index (χ4n) is 2.11. The van der Waals surface area contributed by atoms with Gasteiger partial charge < -0.3 is 10.1 Å². The highest BCUT2D eigenvalue weighted by Crippen LogP contribution is 2.33. The minimum absolute atomic E-state index is 0.122. The van der Waals surface area contributed by atoms with E-state index in [1.807, 2.05) is 50.4 Å². The molecule has 21 heavy (non-hydrogen) atoms. The van der Waals surface area contributed by atoms with E-state index in [1.165, 1.54) is 6.07 Å². The number of hydrogen-bond donors (Lipinski definition) is 1. The maximum Gasteiger partial charge on any atom is 0.166 e. The number of thioether (sulfide) groups is 1. The number of ether oxygens (including phenoxy) is 1. The average molecular weight is 305 g/mol. The van der Waals surface area contributed by atoms with Crippen LogP contribution >= 0.6 is 11.8 Å². The molecule has 0 amide bonds. The van der Waals surface area contributed by atoms with Gasteiger partial charge in [-0.15, -0.1) is 11.8 Å². The van der Waals surface area contributed by atoms with Crippen molar-refractivity contribution >= 4 is 11.8 Å². The van der Waals surface area contributed by atoms with E-state index in [4.69, 9.17) is 4.74 Å². The van der Waals surface area contributed by atoms with E-state index in [2.05, 4.69) is 5.32 Å². The molecule has 0 heterocycles. The van der Waals surface area contributed by atoms with Gasteiger partial charge in [-0.1, -0.05) is 25.1 Å². The third-order valence-corrected chi connectivity index (χ3v) is 4.03. The lowest BCUT2D eigenvalue weighted by Crippen LogP contribution is -2.17. The molecule has 1 unspecified atom stereocenters. The number of benzene rings is 2. The van der Waals surface area contributed by atoms with Crippen LogP contribution in [0.5, 0.6) is 11.5 Å². The zero-order valence-corrected chi connectivity index (χ0v) is 13.3. The molecule has 0 aromatic heterocycles. The van der Waals surface area contributed by atoms with Crippen LogP contribution in [0.3, 0.4) is 0 Å². The Morgan fingerprint density at radius 1 is 1.19 bits per heavy atom. The highest BCUT2D eigenvalue weighted by atomic mass is 32.2. The highest BCUT2D eigenvalue weighted by molar-refractivity contribution is 7.98. The summed E-state index contributed by atoms with van der Waals surface area (Å²) in [6.45, 7) is 4.90. The molecule has 4 heteroatoms. The van der Waals surface area contributed by atoms with Crippen LogP contribution in [0.4, 0.5) is 4.39 Å². The lowest BCUT2D eigenvalue weighted by molar-refractivity contribution is 0.432. The van der Waals surface area contributed by atoms with Gasteiger partial charge in [-0.25, -0.2) is 4.39 Å². The molecule has 2 aromatic rings. The van der Waals surface area contributed by atoms with Gasteiger partial charge in [0.1, 0.15) is 5.75 Å². The molecule has 0 bridgehead atoms. The van der Waals surface area contributed by atoms with Crippen LogP contribution in [0.25, 0.3) is 0 Å². The average Bonchev–Trinajstić information content (AvgIpc) is 2.50. The van der Waals surface area contributed by atoms with Gasteiger partial charge in [0.15, 0.2) is 11.6 Å². The zero-order chi connectivity index (χ0) is 15.2. The number of halogens is 1. The summed E-state index contributed by atoms with van der Waals surface area (Å²) < 4.78 is 19.9. The van der Waals surface area contributed by atoms with Crippen molar-refractivity contribution in [1.82, 2.24) is 5.32 Å². The number of hydrogen-bond acceptors (Lipinski definition) is 3. The summed E-state index contributed by atoms with van der Waals surface area (Å²) in [4.78, 5) is 0.988. The second-order valence-electron chi connectivity index (χ2n) is 4.72. The van der Waals surface area contributed by atoms with Gasteiger partial charge in [-0.05, 0) is 49.6 Å². The lowest BCUT2D eigenvalue weighted by Gasteiger charge is -2.15. The Kier molecular flexibility index (Phi) is 5.65. The topological polar surface area (TPSA) is 21.3 Å². The third kappa shape index (κ3) is 3.99. The van der Waals surface area contributed by atoms with Crippen molar-refractivity contribution in [2.75, 3.05) is 12.8 Å². The van der Waals surface area contributed by atoms with Crippen LogP contribution in [-0.2, 0) is 0 Å². The second-order valence-corrected chi connectivity index (χ2v) is 5.57. The fraction of sp³-hybridized carbons (Fsp3) is 0.294. The first-order chi connectivity index (χ1) is 10.2. The van der Waals surface area contributed by atoms with Crippen molar-refractivity contribution in [3.63, 3.8) is 0 Å². The smallest absolute Gasteiger partial charge is 0.166 e. The largest absolute Gasteiger partial charge is 0.453 e. The second kappa shape index (κ2) is 7.48. The molecule has 2 nitrogen and oxygen atoms in total. The lowest BCUT2D eigenvalue weighted by atomic mass is 10.1. The van der Waals surface area contributed by atoms with Gasteiger partial charge in [-0.2, -0.15) is 0 Å². The molecule has 0 fully saturated rings. The molecule has 1 atom stereocenters. The van der Waals surface area contributed by atoms with Crippen LogP contribution in [0.15, 0.2) is 47.4 Å². The minimum atomic E-state index is -0.340. The maximum atomic E-state index is 14.2. The summed E-state index contributed by atoms with van der Waals surface area (Å²) in [7, 11) is 0. The van der Waals surface area contributed by atoms with Crippen LogP contribution in [0, 0.1) is 5.82 Å². The SMILES string of the molecule is CCNC(C)c1ccc(Oc2ccccc2SC)c(F)c1. The predicted octanol–water partition coefficient (Wildman–Crippen LogP) is 5.01. The fourth-order valence-corrected chi connectivity index (χ4v) is 2.64. The molecule has 0 spiro atoms. The molecule has 0 radical (unpaired) electrons. The Morgan fingerprint density at radius 3 is 2.62 bits per heavy atom. The molecule has 1 N–H and O–H groups in total. The summed E-state index contributed by atoms with van der Waals surface area (Å²) in [5.74, 6) is 0.591. The monoisotopic (exact) mass is 305 g/mol. The van der Waals surface area contributed by atoms with E-state index in [1.54, 1.807) is 17.8 Å². The molecule has 0 saturated carbocycles. The molecule has 0 aliphatic heterocycles. The van der Waals surface area contributed by atoms with Crippen molar-refractivity contribution in [2.45, 2.75) is 24.8 Å². The maximum absolute atomic E-state index is 14.2. The van der Waals surface area contributed by atoms with Crippen LogP contribution < -0.4 is 10.1 Å². The van der Waals surface area contributed by atoms with Crippen molar-refractivity contribution in [3.05, 3.63) is 53.8 Å². The van der Waals surface area contributed by atoms with Gasteiger partial charge in [0, 0.05) is 10.9 Å². The summed E-state index contributed by atoms with van der Waals surface area (Å²) in [6.07, 6.45) is 1.97. The van der Waals surface area contributed by atoms with Gasteiger partial charge in [-0.3, -0.25) is 0 Å². The molecular formula is C17H20FNOS. The van der Waals surface area contributed by atoms with Crippen LogP contribution in [0.1, 0.15) is 25.5 Å². The van der Waals surface area contributed by atoms with E-state index in [0.29, 0.717) is 5.75 Å². The predicted molar refractivity (Wildman–Crippen MR) is 86.8 cm³/mol. The first kappa shape index (κ1) is 15.9.